The second-order valence-electron chi connectivity index (χ2n) is 4.75. The van der Waals surface area contributed by atoms with E-state index in [4.69, 9.17) is 5.73 Å². The summed E-state index contributed by atoms with van der Waals surface area (Å²) >= 11 is 3.39. The van der Waals surface area contributed by atoms with E-state index in [1.807, 2.05) is 6.07 Å². The molecule has 1 unspecified atom stereocenters. The topological polar surface area (TPSA) is 58.4 Å². The summed E-state index contributed by atoms with van der Waals surface area (Å²) in [6.07, 6.45) is 2.36. The van der Waals surface area contributed by atoms with E-state index in [2.05, 4.69) is 33.1 Å². The summed E-state index contributed by atoms with van der Waals surface area (Å²) < 4.78 is 0.810. The second kappa shape index (κ2) is 5.71. The first-order valence-corrected chi connectivity index (χ1v) is 6.94. The van der Waals surface area contributed by atoms with Crippen molar-refractivity contribution in [3.05, 3.63) is 22.7 Å². The van der Waals surface area contributed by atoms with Crippen LogP contribution in [0.1, 0.15) is 19.8 Å². The summed E-state index contributed by atoms with van der Waals surface area (Å²) in [6.45, 7) is 3.63. The lowest BCUT2D eigenvalue weighted by atomic mass is 10.2. The van der Waals surface area contributed by atoms with Crippen molar-refractivity contribution >= 4 is 33.2 Å². The molecule has 0 aliphatic carbocycles. The van der Waals surface area contributed by atoms with Crippen molar-refractivity contribution in [1.82, 2.24) is 4.90 Å². The monoisotopic (exact) mass is 311 g/mol. The maximum atomic E-state index is 11.9. The molecule has 1 amide bonds. The average molecular weight is 312 g/mol. The Hall–Kier alpha value is -1.07. The third kappa shape index (κ3) is 3.23. The molecule has 0 saturated carbocycles. The van der Waals surface area contributed by atoms with E-state index < -0.39 is 0 Å². The van der Waals surface area contributed by atoms with Crippen molar-refractivity contribution in [3.8, 4) is 0 Å². The van der Waals surface area contributed by atoms with Gasteiger partial charge in [0.25, 0.3) is 0 Å². The number of nitrogen functional groups attached to an aromatic ring is 1. The lowest BCUT2D eigenvalue weighted by Gasteiger charge is -2.20. The van der Waals surface area contributed by atoms with Gasteiger partial charge in [-0.15, -0.1) is 0 Å². The molecule has 98 valence electrons. The molecule has 1 aliphatic heterocycles. The zero-order valence-corrected chi connectivity index (χ0v) is 12.0. The summed E-state index contributed by atoms with van der Waals surface area (Å²) in [7, 11) is 0. The Morgan fingerprint density at radius 2 is 2.39 bits per heavy atom. The number of anilines is 2. The van der Waals surface area contributed by atoms with E-state index >= 15 is 0 Å². The highest BCUT2D eigenvalue weighted by molar-refractivity contribution is 9.10. The predicted octanol–water partition coefficient (Wildman–Crippen LogP) is 2.45. The molecular weight excluding hydrogens is 294 g/mol. The van der Waals surface area contributed by atoms with Gasteiger partial charge in [0.2, 0.25) is 5.91 Å². The number of hydrogen-bond acceptors (Lipinski definition) is 3. The molecule has 0 aromatic heterocycles. The summed E-state index contributed by atoms with van der Waals surface area (Å²) in [5.74, 6) is 0.0224. The van der Waals surface area contributed by atoms with Gasteiger partial charge >= 0.3 is 0 Å². The van der Waals surface area contributed by atoms with Crippen LogP contribution in [0.25, 0.3) is 0 Å². The van der Waals surface area contributed by atoms with Crippen LogP contribution in [0.5, 0.6) is 0 Å². The van der Waals surface area contributed by atoms with Crippen molar-refractivity contribution in [1.29, 1.82) is 0 Å². The van der Waals surface area contributed by atoms with Gasteiger partial charge < -0.3 is 11.1 Å². The first-order chi connectivity index (χ1) is 8.56. The van der Waals surface area contributed by atoms with Crippen molar-refractivity contribution in [2.24, 2.45) is 0 Å². The molecule has 5 heteroatoms. The Balaban J connectivity index is 1.94. The third-order valence-electron chi connectivity index (χ3n) is 3.30. The molecule has 18 heavy (non-hydrogen) atoms. The van der Waals surface area contributed by atoms with Crippen molar-refractivity contribution in [2.45, 2.75) is 25.8 Å². The van der Waals surface area contributed by atoms with Crippen molar-refractivity contribution in [3.63, 3.8) is 0 Å². The van der Waals surface area contributed by atoms with Crippen LogP contribution in [-0.4, -0.2) is 29.9 Å². The number of benzene rings is 1. The maximum Gasteiger partial charge on any atom is 0.238 e. The average Bonchev–Trinajstić information content (AvgIpc) is 2.69. The summed E-state index contributed by atoms with van der Waals surface area (Å²) in [4.78, 5) is 14.2. The fraction of sp³-hybridized carbons (Fsp3) is 0.462. The van der Waals surface area contributed by atoms with Crippen molar-refractivity contribution in [2.75, 3.05) is 24.1 Å². The van der Waals surface area contributed by atoms with Gasteiger partial charge in [-0.1, -0.05) is 0 Å². The first kappa shape index (κ1) is 13.4. The Bertz CT molecular complexity index is 450. The zero-order valence-electron chi connectivity index (χ0n) is 10.4. The van der Waals surface area contributed by atoms with Crippen LogP contribution < -0.4 is 11.1 Å². The Kier molecular flexibility index (Phi) is 4.24. The number of amides is 1. The molecule has 0 radical (unpaired) electrons. The highest BCUT2D eigenvalue weighted by atomic mass is 79.9. The van der Waals surface area contributed by atoms with Gasteiger partial charge in [0.1, 0.15) is 0 Å². The number of nitrogens with zero attached hydrogens (tertiary/aromatic N) is 1. The van der Waals surface area contributed by atoms with Crippen LogP contribution in [0.15, 0.2) is 22.7 Å². The smallest absolute Gasteiger partial charge is 0.238 e. The van der Waals surface area contributed by atoms with E-state index in [1.54, 1.807) is 12.1 Å². The third-order valence-corrected chi connectivity index (χ3v) is 3.96. The van der Waals surface area contributed by atoms with Crippen LogP contribution in [0, 0.1) is 0 Å². The van der Waals surface area contributed by atoms with E-state index in [1.165, 1.54) is 12.8 Å². The molecule has 1 saturated heterocycles. The maximum absolute atomic E-state index is 11.9. The molecule has 1 atom stereocenters. The highest BCUT2D eigenvalue weighted by Crippen LogP contribution is 2.24. The van der Waals surface area contributed by atoms with Gasteiger partial charge in [-0.2, -0.15) is 0 Å². The van der Waals surface area contributed by atoms with Crippen LogP contribution >= 0.6 is 15.9 Å². The number of likely N-dealkylation sites (tertiary alicyclic amines) is 1. The van der Waals surface area contributed by atoms with Crippen LogP contribution in [-0.2, 0) is 4.79 Å². The minimum atomic E-state index is 0.0224. The Morgan fingerprint density at radius 3 is 3.00 bits per heavy atom. The number of nitrogens with one attached hydrogen (secondary N) is 1. The summed E-state index contributed by atoms with van der Waals surface area (Å²) in [5, 5.41) is 2.90. The normalized spacial score (nSPS) is 20.0. The number of carbonyl (C=O) groups excluding carboxylic acids is 1. The molecule has 4 nitrogen and oxygen atoms in total. The van der Waals surface area contributed by atoms with Crippen LogP contribution in [0.3, 0.4) is 0 Å². The SMILES string of the molecule is CC1CCCN1CC(=O)Nc1ccc(N)cc1Br. The molecule has 1 aromatic rings. The molecule has 2 rings (SSSR count). The van der Waals surface area contributed by atoms with Gasteiger partial charge in [-0.05, 0) is 60.4 Å². The predicted molar refractivity (Wildman–Crippen MR) is 77.5 cm³/mol. The number of rotatable bonds is 3. The molecule has 1 fully saturated rings. The zero-order chi connectivity index (χ0) is 13.1. The van der Waals surface area contributed by atoms with E-state index in [0.29, 0.717) is 18.3 Å². The van der Waals surface area contributed by atoms with Crippen molar-refractivity contribution < 1.29 is 4.79 Å². The minimum absolute atomic E-state index is 0.0224. The molecule has 1 aromatic carbocycles. The lowest BCUT2D eigenvalue weighted by Crippen LogP contribution is -2.35. The number of nitrogens with two attached hydrogens (primary N) is 1. The minimum Gasteiger partial charge on any atom is -0.399 e. The van der Waals surface area contributed by atoms with Gasteiger partial charge in [-0.25, -0.2) is 0 Å². The molecule has 0 spiro atoms. The second-order valence-corrected chi connectivity index (χ2v) is 5.60. The fourth-order valence-corrected chi connectivity index (χ4v) is 2.73. The van der Waals surface area contributed by atoms with Gasteiger partial charge in [-0.3, -0.25) is 9.69 Å². The Morgan fingerprint density at radius 1 is 1.61 bits per heavy atom. The molecule has 1 heterocycles. The molecule has 1 aliphatic rings. The lowest BCUT2D eigenvalue weighted by molar-refractivity contribution is -0.117. The van der Waals surface area contributed by atoms with Gasteiger partial charge in [0.15, 0.2) is 0 Å². The van der Waals surface area contributed by atoms with Gasteiger partial charge in [0.05, 0.1) is 12.2 Å². The summed E-state index contributed by atoms with van der Waals surface area (Å²) in [5.41, 5.74) is 7.10. The van der Waals surface area contributed by atoms with Crippen LogP contribution in [0.2, 0.25) is 0 Å². The van der Waals surface area contributed by atoms with Gasteiger partial charge in [0, 0.05) is 16.2 Å². The highest BCUT2D eigenvalue weighted by Gasteiger charge is 2.22. The molecule has 3 N–H and O–H groups in total. The standard InChI is InChI=1S/C13H18BrN3O/c1-9-3-2-6-17(9)8-13(18)16-12-5-4-10(15)7-11(12)14/h4-5,7,9H,2-3,6,8,15H2,1H3,(H,16,18). The number of carbonyl (C=O) groups is 1. The van der Waals surface area contributed by atoms with E-state index in [9.17, 15) is 4.79 Å². The number of halogens is 1. The Labute approximate surface area is 116 Å². The van der Waals surface area contributed by atoms with E-state index in [-0.39, 0.29) is 5.91 Å². The quantitative estimate of drug-likeness (QED) is 0.843. The van der Waals surface area contributed by atoms with Crippen LogP contribution in [0.4, 0.5) is 11.4 Å². The number of hydrogen-bond donors (Lipinski definition) is 2. The molecular formula is C13H18BrN3O. The van der Waals surface area contributed by atoms with E-state index in [0.717, 1.165) is 16.7 Å². The largest absolute Gasteiger partial charge is 0.399 e. The summed E-state index contributed by atoms with van der Waals surface area (Å²) in [6, 6.07) is 5.88. The fourth-order valence-electron chi connectivity index (χ4n) is 2.23. The first-order valence-electron chi connectivity index (χ1n) is 6.15. The molecule has 0 bridgehead atoms.